The number of rotatable bonds is 3. The van der Waals surface area contributed by atoms with Gasteiger partial charge in [-0.3, -0.25) is 0 Å². The molecular formula is C18H28N2O. The first kappa shape index (κ1) is 14.7. The average Bonchev–Trinajstić information content (AvgIpc) is 2.42. The minimum Gasteiger partial charge on any atom is -0.508 e. The quantitative estimate of drug-likeness (QED) is 0.834. The van der Waals surface area contributed by atoms with Gasteiger partial charge in [0.25, 0.3) is 0 Å². The van der Waals surface area contributed by atoms with Gasteiger partial charge >= 0.3 is 0 Å². The van der Waals surface area contributed by atoms with Gasteiger partial charge in [0.2, 0.25) is 0 Å². The minimum atomic E-state index is 0.385. The van der Waals surface area contributed by atoms with Crippen LogP contribution in [0.15, 0.2) is 18.2 Å². The largest absolute Gasteiger partial charge is 0.508 e. The fourth-order valence-corrected chi connectivity index (χ4v) is 4.07. The molecule has 1 saturated heterocycles. The number of nitrogens with zero attached hydrogens (tertiary/aromatic N) is 1. The molecule has 3 heteroatoms. The highest BCUT2D eigenvalue weighted by atomic mass is 16.3. The molecule has 2 unspecified atom stereocenters. The number of nitrogens with one attached hydrogen (secondary N) is 1. The Morgan fingerprint density at radius 2 is 1.86 bits per heavy atom. The van der Waals surface area contributed by atoms with Crippen LogP contribution in [0, 0.1) is 18.8 Å². The van der Waals surface area contributed by atoms with Crippen molar-refractivity contribution in [2.24, 2.45) is 11.8 Å². The van der Waals surface area contributed by atoms with Crippen molar-refractivity contribution in [3.8, 4) is 5.75 Å². The number of benzene rings is 1. The van der Waals surface area contributed by atoms with Crippen molar-refractivity contribution in [3.63, 3.8) is 0 Å². The Bertz CT molecular complexity index is 486. The lowest BCUT2D eigenvalue weighted by Crippen LogP contribution is -2.56. The van der Waals surface area contributed by atoms with E-state index in [4.69, 9.17) is 0 Å². The first-order valence-corrected chi connectivity index (χ1v) is 8.35. The summed E-state index contributed by atoms with van der Waals surface area (Å²) in [6, 6.07) is 7.13. The molecule has 2 bridgehead atoms. The molecule has 3 nitrogen and oxygen atoms in total. The van der Waals surface area contributed by atoms with Crippen molar-refractivity contribution in [2.75, 3.05) is 18.4 Å². The van der Waals surface area contributed by atoms with Crippen molar-refractivity contribution >= 4 is 5.69 Å². The third kappa shape index (κ3) is 3.03. The summed E-state index contributed by atoms with van der Waals surface area (Å²) >= 11 is 0. The SMILES string of the molecule is Cc1cc(NC2C3CCCC2CN(C(C)C)C3)ccc1O. The van der Waals surface area contributed by atoms with Gasteiger partial charge in [0.1, 0.15) is 5.75 Å². The molecule has 1 aliphatic heterocycles. The zero-order chi connectivity index (χ0) is 15.0. The maximum atomic E-state index is 9.67. The van der Waals surface area contributed by atoms with Gasteiger partial charge in [-0.1, -0.05) is 6.42 Å². The summed E-state index contributed by atoms with van der Waals surface area (Å²) in [5.74, 6) is 1.90. The van der Waals surface area contributed by atoms with Gasteiger partial charge in [0.15, 0.2) is 0 Å². The summed E-state index contributed by atoms with van der Waals surface area (Å²) in [7, 11) is 0. The van der Waals surface area contributed by atoms with Crippen LogP contribution in [-0.2, 0) is 0 Å². The number of phenolic OH excluding ortho intramolecular Hbond substituents is 1. The van der Waals surface area contributed by atoms with E-state index >= 15 is 0 Å². The van der Waals surface area contributed by atoms with E-state index in [1.54, 1.807) is 6.07 Å². The summed E-state index contributed by atoms with van der Waals surface area (Å²) in [4.78, 5) is 2.65. The van der Waals surface area contributed by atoms with E-state index in [0.29, 0.717) is 17.8 Å². The summed E-state index contributed by atoms with van der Waals surface area (Å²) < 4.78 is 0. The lowest BCUT2D eigenvalue weighted by Gasteiger charge is -2.49. The summed E-state index contributed by atoms with van der Waals surface area (Å²) in [6.45, 7) is 9.04. The Balaban J connectivity index is 1.74. The molecule has 0 amide bonds. The number of aromatic hydroxyl groups is 1. The molecule has 2 aliphatic rings. The van der Waals surface area contributed by atoms with Crippen molar-refractivity contribution in [2.45, 2.75) is 52.1 Å². The van der Waals surface area contributed by atoms with Gasteiger partial charge in [0, 0.05) is 30.9 Å². The van der Waals surface area contributed by atoms with Gasteiger partial charge in [-0.25, -0.2) is 0 Å². The second kappa shape index (κ2) is 5.88. The molecule has 1 aromatic carbocycles. The predicted octanol–water partition coefficient (Wildman–Crippen LogP) is 3.62. The van der Waals surface area contributed by atoms with Crippen molar-refractivity contribution in [1.29, 1.82) is 0 Å². The van der Waals surface area contributed by atoms with Crippen LogP contribution >= 0.6 is 0 Å². The second-order valence-corrected chi connectivity index (χ2v) is 7.17. The lowest BCUT2D eigenvalue weighted by molar-refractivity contribution is 0.0518. The van der Waals surface area contributed by atoms with E-state index in [2.05, 4.69) is 30.1 Å². The number of hydrogen-bond donors (Lipinski definition) is 2. The molecule has 1 heterocycles. The molecule has 0 spiro atoms. The molecule has 2 N–H and O–H groups in total. The van der Waals surface area contributed by atoms with Crippen LogP contribution in [0.2, 0.25) is 0 Å². The number of piperidine rings is 1. The van der Waals surface area contributed by atoms with E-state index in [9.17, 15) is 5.11 Å². The Labute approximate surface area is 128 Å². The fourth-order valence-electron chi connectivity index (χ4n) is 4.07. The number of phenols is 1. The van der Waals surface area contributed by atoms with Gasteiger partial charge < -0.3 is 15.3 Å². The first-order valence-electron chi connectivity index (χ1n) is 8.35. The van der Waals surface area contributed by atoms with E-state index in [1.165, 1.54) is 32.4 Å². The van der Waals surface area contributed by atoms with Gasteiger partial charge in [-0.2, -0.15) is 0 Å². The van der Waals surface area contributed by atoms with Crippen LogP contribution in [0.4, 0.5) is 5.69 Å². The van der Waals surface area contributed by atoms with Crippen LogP contribution in [0.5, 0.6) is 5.75 Å². The molecule has 3 rings (SSSR count). The number of fused-ring (bicyclic) bond motifs is 2. The Kier molecular flexibility index (Phi) is 4.12. The number of aryl methyl sites for hydroxylation is 1. The second-order valence-electron chi connectivity index (χ2n) is 7.17. The molecule has 2 atom stereocenters. The van der Waals surface area contributed by atoms with E-state index < -0.39 is 0 Å². The molecule has 1 aromatic rings. The molecule has 1 saturated carbocycles. The van der Waals surface area contributed by atoms with Crippen LogP contribution in [0.25, 0.3) is 0 Å². The predicted molar refractivity (Wildman–Crippen MR) is 87.8 cm³/mol. The van der Waals surface area contributed by atoms with Crippen molar-refractivity contribution < 1.29 is 5.11 Å². The number of likely N-dealkylation sites (tertiary alicyclic amines) is 1. The maximum absolute atomic E-state index is 9.67. The number of anilines is 1. The molecule has 116 valence electrons. The van der Waals surface area contributed by atoms with E-state index in [1.807, 2.05) is 13.0 Å². The molecule has 0 aromatic heterocycles. The van der Waals surface area contributed by atoms with Crippen molar-refractivity contribution in [3.05, 3.63) is 23.8 Å². The van der Waals surface area contributed by atoms with Gasteiger partial charge in [0.05, 0.1) is 0 Å². The van der Waals surface area contributed by atoms with Crippen LogP contribution in [-0.4, -0.2) is 35.2 Å². The Morgan fingerprint density at radius 3 is 2.43 bits per heavy atom. The van der Waals surface area contributed by atoms with Gasteiger partial charge in [-0.05, 0) is 69.2 Å². The highest BCUT2D eigenvalue weighted by Crippen LogP contribution is 2.37. The summed E-state index contributed by atoms with van der Waals surface area (Å²) in [6.07, 6.45) is 4.07. The summed E-state index contributed by atoms with van der Waals surface area (Å²) in [5, 5.41) is 13.4. The highest BCUT2D eigenvalue weighted by Gasteiger charge is 2.39. The normalized spacial score (nSPS) is 29.6. The topological polar surface area (TPSA) is 35.5 Å². The summed E-state index contributed by atoms with van der Waals surface area (Å²) in [5.41, 5.74) is 2.11. The molecule has 0 radical (unpaired) electrons. The average molecular weight is 288 g/mol. The lowest BCUT2D eigenvalue weighted by atomic mass is 9.73. The van der Waals surface area contributed by atoms with Crippen molar-refractivity contribution in [1.82, 2.24) is 4.90 Å². The Morgan fingerprint density at radius 1 is 1.19 bits per heavy atom. The molecule has 1 aliphatic carbocycles. The van der Waals surface area contributed by atoms with Gasteiger partial charge in [-0.15, -0.1) is 0 Å². The molecule has 21 heavy (non-hydrogen) atoms. The zero-order valence-electron chi connectivity index (χ0n) is 13.5. The van der Waals surface area contributed by atoms with Crippen LogP contribution in [0.1, 0.15) is 38.7 Å². The maximum Gasteiger partial charge on any atom is 0.118 e. The standard InChI is InChI=1S/C18H28N2O/c1-12(2)20-10-14-5-4-6-15(11-20)18(14)19-16-7-8-17(21)13(3)9-16/h7-9,12,14-15,18-19,21H,4-6,10-11H2,1-3H3. The van der Waals surface area contributed by atoms with Crippen LogP contribution < -0.4 is 5.32 Å². The smallest absolute Gasteiger partial charge is 0.118 e. The molecular weight excluding hydrogens is 260 g/mol. The molecule has 2 fully saturated rings. The van der Waals surface area contributed by atoms with E-state index in [-0.39, 0.29) is 0 Å². The highest BCUT2D eigenvalue weighted by molar-refractivity contribution is 5.51. The van der Waals surface area contributed by atoms with E-state index in [0.717, 1.165) is 23.1 Å². The number of hydrogen-bond acceptors (Lipinski definition) is 3. The van der Waals surface area contributed by atoms with Crippen LogP contribution in [0.3, 0.4) is 0 Å². The third-order valence-electron chi connectivity index (χ3n) is 5.36. The monoisotopic (exact) mass is 288 g/mol. The fraction of sp³-hybridized carbons (Fsp3) is 0.667. The minimum absolute atomic E-state index is 0.385. The zero-order valence-corrected chi connectivity index (χ0v) is 13.5. The first-order chi connectivity index (χ1) is 10.0. The Hall–Kier alpha value is -1.22. The third-order valence-corrected chi connectivity index (χ3v) is 5.36.